The highest BCUT2D eigenvalue weighted by Gasteiger charge is 2.15. The monoisotopic (exact) mass is 400 g/mol. The van der Waals surface area contributed by atoms with E-state index >= 15 is 0 Å². The molecule has 0 aliphatic carbocycles. The minimum absolute atomic E-state index is 0.165. The Balaban J connectivity index is 1.78. The lowest BCUT2D eigenvalue weighted by Gasteiger charge is -2.11. The molecule has 27 heavy (non-hydrogen) atoms. The quantitative estimate of drug-likeness (QED) is 0.651. The summed E-state index contributed by atoms with van der Waals surface area (Å²) in [4.78, 5) is 12.5. The number of hydrogen-bond acceptors (Lipinski definition) is 3. The molecule has 3 rings (SSSR count). The zero-order valence-electron chi connectivity index (χ0n) is 14.4. The first-order valence-corrected chi connectivity index (χ1v) is 9.97. The van der Waals surface area contributed by atoms with Crippen LogP contribution in [-0.2, 0) is 10.0 Å². The summed E-state index contributed by atoms with van der Waals surface area (Å²) in [5, 5.41) is 3.05. The fourth-order valence-corrected chi connectivity index (χ4v) is 3.71. The van der Waals surface area contributed by atoms with Gasteiger partial charge in [0.05, 0.1) is 21.2 Å². The summed E-state index contributed by atoms with van der Waals surface area (Å²) in [6.07, 6.45) is 0. The van der Waals surface area contributed by atoms with Crippen molar-refractivity contribution in [3.05, 3.63) is 88.9 Å². The predicted octanol–water partition coefficient (Wildman–Crippen LogP) is 4.70. The third kappa shape index (κ3) is 4.67. The number of aryl methyl sites for hydroxylation is 1. The van der Waals surface area contributed by atoms with Crippen molar-refractivity contribution >= 4 is 38.9 Å². The Morgan fingerprint density at radius 1 is 0.889 bits per heavy atom. The maximum atomic E-state index is 12.5. The Bertz CT molecular complexity index is 1080. The average molecular weight is 401 g/mol. The van der Waals surface area contributed by atoms with Crippen LogP contribution in [0.2, 0.25) is 5.02 Å². The molecule has 0 fully saturated rings. The number of sulfonamides is 1. The molecule has 0 radical (unpaired) electrons. The maximum Gasteiger partial charge on any atom is 0.261 e. The lowest BCUT2D eigenvalue weighted by Crippen LogP contribution is -2.14. The molecule has 5 nitrogen and oxygen atoms in total. The highest BCUT2D eigenvalue weighted by atomic mass is 35.5. The van der Waals surface area contributed by atoms with E-state index in [1.54, 1.807) is 72.8 Å². The fourth-order valence-electron chi connectivity index (χ4n) is 2.44. The van der Waals surface area contributed by atoms with E-state index in [-0.39, 0.29) is 10.8 Å². The van der Waals surface area contributed by atoms with Gasteiger partial charge >= 0.3 is 0 Å². The molecule has 0 atom stereocenters. The second-order valence-corrected chi connectivity index (χ2v) is 8.02. The Hall–Kier alpha value is -2.83. The number of hydrogen-bond donors (Lipinski definition) is 2. The van der Waals surface area contributed by atoms with E-state index in [0.29, 0.717) is 22.0 Å². The largest absolute Gasteiger partial charge is 0.322 e. The third-order valence-electron chi connectivity index (χ3n) is 3.82. The number of nitrogens with one attached hydrogen (secondary N) is 2. The highest BCUT2D eigenvalue weighted by Crippen LogP contribution is 2.22. The Kier molecular flexibility index (Phi) is 5.48. The summed E-state index contributed by atoms with van der Waals surface area (Å²) >= 11 is 6.03. The first-order valence-electron chi connectivity index (χ1n) is 8.10. The molecule has 1 amide bonds. The number of halogens is 1. The number of carbonyl (C=O) groups excluding carboxylic acids is 1. The van der Waals surface area contributed by atoms with Crippen LogP contribution in [0.3, 0.4) is 0 Å². The molecule has 3 aromatic carbocycles. The van der Waals surface area contributed by atoms with Crippen molar-refractivity contribution in [1.29, 1.82) is 0 Å². The van der Waals surface area contributed by atoms with Crippen LogP contribution in [0.1, 0.15) is 15.9 Å². The highest BCUT2D eigenvalue weighted by molar-refractivity contribution is 7.92. The van der Waals surface area contributed by atoms with Crippen LogP contribution < -0.4 is 10.0 Å². The minimum atomic E-state index is -3.72. The Morgan fingerprint density at radius 2 is 1.56 bits per heavy atom. The van der Waals surface area contributed by atoms with Gasteiger partial charge in [0.25, 0.3) is 15.9 Å². The smallest absolute Gasteiger partial charge is 0.261 e. The van der Waals surface area contributed by atoms with Crippen LogP contribution in [-0.4, -0.2) is 14.3 Å². The normalized spacial score (nSPS) is 11.0. The number of benzene rings is 3. The van der Waals surface area contributed by atoms with Gasteiger partial charge in [-0.05, 0) is 49.4 Å². The van der Waals surface area contributed by atoms with Gasteiger partial charge in [0, 0.05) is 5.69 Å². The summed E-state index contributed by atoms with van der Waals surface area (Å²) in [6, 6.07) is 19.7. The van der Waals surface area contributed by atoms with E-state index in [1.807, 2.05) is 6.92 Å². The molecule has 2 N–H and O–H groups in total. The molecule has 0 aromatic heterocycles. The van der Waals surface area contributed by atoms with Gasteiger partial charge in [0.2, 0.25) is 0 Å². The van der Waals surface area contributed by atoms with Gasteiger partial charge in [0.15, 0.2) is 0 Å². The standard InChI is InChI=1S/C20H17ClN2O3S/c1-14-9-11-17(12-10-14)27(25,26)23-16-6-4-5-15(13-16)22-20(24)18-7-2-3-8-19(18)21/h2-13,23H,1H3,(H,22,24). The van der Waals surface area contributed by atoms with Gasteiger partial charge in [-0.3, -0.25) is 9.52 Å². The van der Waals surface area contributed by atoms with Gasteiger partial charge < -0.3 is 5.32 Å². The molecule has 0 unspecified atom stereocenters. The zero-order valence-corrected chi connectivity index (χ0v) is 16.0. The molecule has 138 valence electrons. The van der Waals surface area contributed by atoms with Crippen LogP contribution in [0.15, 0.2) is 77.7 Å². The second kappa shape index (κ2) is 7.82. The average Bonchev–Trinajstić information content (AvgIpc) is 2.62. The fraction of sp³-hybridized carbons (Fsp3) is 0.0500. The molecule has 0 bridgehead atoms. The Morgan fingerprint density at radius 3 is 2.26 bits per heavy atom. The van der Waals surface area contributed by atoms with Crippen LogP contribution in [0.25, 0.3) is 0 Å². The summed E-state index contributed by atoms with van der Waals surface area (Å²) in [5.74, 6) is -0.376. The molecular weight excluding hydrogens is 384 g/mol. The van der Waals surface area contributed by atoms with Crippen molar-refractivity contribution in [3.8, 4) is 0 Å². The predicted molar refractivity (Wildman–Crippen MR) is 108 cm³/mol. The molecule has 0 aliphatic heterocycles. The Labute approximate surface area is 163 Å². The summed E-state index contributed by atoms with van der Waals surface area (Å²) in [6.45, 7) is 1.88. The summed E-state index contributed by atoms with van der Waals surface area (Å²) in [7, 11) is -3.72. The van der Waals surface area contributed by atoms with Crippen molar-refractivity contribution < 1.29 is 13.2 Å². The molecule has 0 saturated carbocycles. The van der Waals surface area contributed by atoms with Gasteiger partial charge in [-0.25, -0.2) is 8.42 Å². The van der Waals surface area contributed by atoms with Crippen molar-refractivity contribution in [2.75, 3.05) is 10.0 Å². The first-order chi connectivity index (χ1) is 12.8. The molecule has 0 spiro atoms. The van der Waals surface area contributed by atoms with Crippen LogP contribution in [0.5, 0.6) is 0 Å². The van der Waals surface area contributed by atoms with Crippen LogP contribution >= 0.6 is 11.6 Å². The van der Waals surface area contributed by atoms with Crippen LogP contribution in [0.4, 0.5) is 11.4 Å². The van der Waals surface area contributed by atoms with Gasteiger partial charge in [0.1, 0.15) is 0 Å². The number of rotatable bonds is 5. The van der Waals surface area contributed by atoms with Crippen molar-refractivity contribution in [3.63, 3.8) is 0 Å². The van der Waals surface area contributed by atoms with Crippen molar-refractivity contribution in [1.82, 2.24) is 0 Å². The lowest BCUT2D eigenvalue weighted by molar-refractivity contribution is 0.102. The maximum absolute atomic E-state index is 12.5. The van der Waals surface area contributed by atoms with Gasteiger partial charge in [-0.15, -0.1) is 0 Å². The zero-order chi connectivity index (χ0) is 19.4. The van der Waals surface area contributed by atoms with E-state index in [0.717, 1.165) is 5.56 Å². The molecule has 0 heterocycles. The van der Waals surface area contributed by atoms with E-state index < -0.39 is 10.0 Å². The molecular formula is C20H17ClN2O3S. The van der Waals surface area contributed by atoms with E-state index in [1.165, 1.54) is 0 Å². The third-order valence-corrected chi connectivity index (χ3v) is 5.55. The SMILES string of the molecule is Cc1ccc(S(=O)(=O)Nc2cccc(NC(=O)c3ccccc3Cl)c2)cc1. The van der Waals surface area contributed by atoms with E-state index in [2.05, 4.69) is 10.0 Å². The van der Waals surface area contributed by atoms with Gasteiger partial charge in [-0.2, -0.15) is 0 Å². The molecule has 3 aromatic rings. The lowest BCUT2D eigenvalue weighted by atomic mass is 10.2. The van der Waals surface area contributed by atoms with Gasteiger partial charge in [-0.1, -0.05) is 47.5 Å². The minimum Gasteiger partial charge on any atom is -0.322 e. The molecule has 7 heteroatoms. The second-order valence-electron chi connectivity index (χ2n) is 5.93. The summed E-state index contributed by atoms with van der Waals surface area (Å²) in [5.41, 5.74) is 2.10. The van der Waals surface area contributed by atoms with Crippen molar-refractivity contribution in [2.24, 2.45) is 0 Å². The van der Waals surface area contributed by atoms with E-state index in [4.69, 9.17) is 11.6 Å². The molecule has 0 aliphatic rings. The number of amides is 1. The van der Waals surface area contributed by atoms with Crippen LogP contribution in [0, 0.1) is 6.92 Å². The van der Waals surface area contributed by atoms with E-state index in [9.17, 15) is 13.2 Å². The number of anilines is 2. The molecule has 0 saturated heterocycles. The van der Waals surface area contributed by atoms with Crippen molar-refractivity contribution in [2.45, 2.75) is 11.8 Å². The number of carbonyl (C=O) groups is 1. The summed E-state index contributed by atoms with van der Waals surface area (Å²) < 4.78 is 27.5. The topological polar surface area (TPSA) is 75.3 Å². The first kappa shape index (κ1) is 18.9.